The van der Waals surface area contributed by atoms with Crippen LogP contribution in [0.1, 0.15) is 79.6 Å². The predicted octanol–water partition coefficient (Wildman–Crippen LogP) is 5.08. The molecule has 0 N–H and O–H groups in total. The highest BCUT2D eigenvalue weighted by Gasteiger charge is 2.67. The molecule has 0 bridgehead atoms. The van der Waals surface area contributed by atoms with E-state index in [0.29, 0.717) is 23.5 Å². The zero-order valence-electron chi connectivity index (χ0n) is 19.5. The van der Waals surface area contributed by atoms with Crippen LogP contribution in [0.25, 0.3) is 0 Å². The molecule has 0 saturated heterocycles. The molecule has 31 heavy (non-hydrogen) atoms. The zero-order chi connectivity index (χ0) is 22.7. The Morgan fingerprint density at radius 3 is 2.42 bits per heavy atom. The molecule has 5 nitrogen and oxygen atoms in total. The van der Waals surface area contributed by atoms with Gasteiger partial charge in [0, 0.05) is 25.7 Å². The molecule has 0 aromatic carbocycles. The molecular formula is C25H37BrO5. The normalized spacial score (nSPS) is 47.5. The maximum atomic E-state index is 14.0. The van der Waals surface area contributed by atoms with Crippen LogP contribution >= 0.6 is 15.9 Å². The lowest BCUT2D eigenvalue weighted by atomic mass is 9.44. The molecule has 4 fully saturated rings. The number of rotatable bonds is 3. The number of fused-ring (bicyclic) bond motifs is 5. The van der Waals surface area contributed by atoms with E-state index in [0.717, 1.165) is 44.9 Å². The van der Waals surface area contributed by atoms with Crippen LogP contribution in [0.5, 0.6) is 0 Å². The van der Waals surface area contributed by atoms with Crippen molar-refractivity contribution in [3.63, 3.8) is 0 Å². The van der Waals surface area contributed by atoms with Crippen molar-refractivity contribution in [2.45, 2.75) is 96.6 Å². The Balaban J connectivity index is 1.61. The molecule has 0 unspecified atom stereocenters. The van der Waals surface area contributed by atoms with Crippen molar-refractivity contribution in [2.24, 2.45) is 40.4 Å². The van der Waals surface area contributed by atoms with Crippen LogP contribution in [0.3, 0.4) is 0 Å². The molecule has 0 amide bonds. The Hall–Kier alpha value is -0.910. The van der Waals surface area contributed by atoms with Gasteiger partial charge in [-0.3, -0.25) is 14.4 Å². The molecule has 0 spiro atoms. The Kier molecular flexibility index (Phi) is 6.11. The van der Waals surface area contributed by atoms with Gasteiger partial charge >= 0.3 is 11.9 Å². The Morgan fingerprint density at radius 2 is 1.77 bits per heavy atom. The van der Waals surface area contributed by atoms with E-state index in [4.69, 9.17) is 9.47 Å². The van der Waals surface area contributed by atoms with Gasteiger partial charge in [-0.05, 0) is 80.5 Å². The van der Waals surface area contributed by atoms with Crippen LogP contribution in [0.15, 0.2) is 0 Å². The fourth-order valence-corrected chi connectivity index (χ4v) is 9.42. The first-order valence-electron chi connectivity index (χ1n) is 12.0. The number of hydrogen-bond acceptors (Lipinski definition) is 5. The van der Waals surface area contributed by atoms with Gasteiger partial charge in [-0.25, -0.2) is 0 Å². The van der Waals surface area contributed by atoms with Crippen molar-refractivity contribution < 1.29 is 23.9 Å². The number of alkyl halides is 1. The summed E-state index contributed by atoms with van der Waals surface area (Å²) < 4.78 is 11.2. The molecule has 0 aromatic heterocycles. The molecule has 4 saturated carbocycles. The topological polar surface area (TPSA) is 69.7 Å². The largest absolute Gasteiger partial charge is 0.463 e. The van der Waals surface area contributed by atoms with E-state index >= 15 is 0 Å². The van der Waals surface area contributed by atoms with Gasteiger partial charge < -0.3 is 9.47 Å². The summed E-state index contributed by atoms with van der Waals surface area (Å²) in [6.45, 7) is 9.53. The third-order valence-electron chi connectivity index (χ3n) is 9.73. The molecule has 10 atom stereocenters. The lowest BCUT2D eigenvalue weighted by Gasteiger charge is -2.61. The molecule has 4 rings (SSSR count). The maximum absolute atomic E-state index is 14.0. The summed E-state index contributed by atoms with van der Waals surface area (Å²) in [6, 6.07) is 0. The van der Waals surface area contributed by atoms with Crippen LogP contribution < -0.4 is 0 Å². The van der Waals surface area contributed by atoms with Crippen LogP contribution in [0.4, 0.5) is 0 Å². The Labute approximate surface area is 194 Å². The first kappa shape index (κ1) is 23.3. The van der Waals surface area contributed by atoms with Crippen LogP contribution in [0.2, 0.25) is 0 Å². The molecule has 0 aromatic rings. The molecule has 0 radical (unpaired) electrons. The van der Waals surface area contributed by atoms with Crippen molar-refractivity contribution in [3.8, 4) is 0 Å². The number of carbonyl (C=O) groups excluding carboxylic acids is 3. The second-order valence-electron chi connectivity index (χ2n) is 11.2. The molecule has 4 aliphatic carbocycles. The summed E-state index contributed by atoms with van der Waals surface area (Å²) >= 11 is 3.88. The van der Waals surface area contributed by atoms with Gasteiger partial charge in [0.1, 0.15) is 12.2 Å². The lowest BCUT2D eigenvalue weighted by molar-refractivity contribution is -0.170. The SMILES string of the molecule is CC(=O)O[C@@H]1CC[C@@]2(C)[C@@H](CC[C@H]3[C@H]2C(=O)[C@H](Br)[C@@]2(C)[C@@H]3CC[C@H]2[C@H](C)OC(C)=O)C1. The third kappa shape index (κ3) is 3.59. The monoisotopic (exact) mass is 496 g/mol. The van der Waals surface area contributed by atoms with Crippen molar-refractivity contribution in [1.82, 2.24) is 0 Å². The summed E-state index contributed by atoms with van der Waals surface area (Å²) in [7, 11) is 0. The summed E-state index contributed by atoms with van der Waals surface area (Å²) in [6.07, 6.45) is 6.77. The summed E-state index contributed by atoms with van der Waals surface area (Å²) in [4.78, 5) is 36.9. The van der Waals surface area contributed by atoms with Crippen molar-refractivity contribution in [3.05, 3.63) is 0 Å². The average molecular weight is 497 g/mol. The quantitative estimate of drug-likeness (QED) is 0.402. The Bertz CT molecular complexity index is 767. The van der Waals surface area contributed by atoms with Crippen molar-refractivity contribution >= 4 is 33.7 Å². The minimum atomic E-state index is -0.247. The summed E-state index contributed by atoms with van der Waals surface area (Å²) in [5.41, 5.74) is -0.213. The number of hydrogen-bond donors (Lipinski definition) is 0. The minimum absolute atomic E-state index is 0.00343. The zero-order valence-corrected chi connectivity index (χ0v) is 21.1. The number of Topliss-reactive ketones (excluding diaryl/α,β-unsaturated/α-hetero) is 1. The fraction of sp³-hybridized carbons (Fsp3) is 0.880. The standard InChI is InChI=1S/C25H37BrO5/c1-13(30-14(2)27)19-8-9-20-18-7-6-16-12-17(31-15(3)28)10-11-24(16,4)21(18)22(29)23(26)25(19,20)5/h13,16-21,23H,6-12H2,1-5H3/t13-,16-,17+,18+,19-,20+,21-,23-,24-,25+/m0/s1. The summed E-state index contributed by atoms with van der Waals surface area (Å²) in [5, 5.41) is 0. The number of ether oxygens (including phenoxy) is 2. The Morgan fingerprint density at radius 1 is 1.06 bits per heavy atom. The second-order valence-corrected chi connectivity index (χ2v) is 12.1. The molecule has 0 aliphatic heterocycles. The minimum Gasteiger partial charge on any atom is -0.463 e. The first-order chi connectivity index (χ1) is 14.5. The van der Waals surface area contributed by atoms with E-state index in [1.165, 1.54) is 13.8 Å². The molecule has 6 heteroatoms. The van der Waals surface area contributed by atoms with Gasteiger partial charge in [0.25, 0.3) is 0 Å². The van der Waals surface area contributed by atoms with Gasteiger partial charge in [0.2, 0.25) is 0 Å². The van der Waals surface area contributed by atoms with Crippen LogP contribution in [-0.2, 0) is 23.9 Å². The predicted molar refractivity (Wildman–Crippen MR) is 120 cm³/mol. The van der Waals surface area contributed by atoms with Crippen molar-refractivity contribution in [2.75, 3.05) is 0 Å². The van der Waals surface area contributed by atoms with E-state index in [1.807, 2.05) is 6.92 Å². The van der Waals surface area contributed by atoms with E-state index in [9.17, 15) is 14.4 Å². The number of ketones is 1. The highest BCUT2D eigenvalue weighted by molar-refractivity contribution is 9.10. The van der Waals surface area contributed by atoms with E-state index < -0.39 is 0 Å². The van der Waals surface area contributed by atoms with E-state index in [-0.39, 0.29) is 51.6 Å². The van der Waals surface area contributed by atoms with Gasteiger partial charge in [-0.15, -0.1) is 0 Å². The smallest absolute Gasteiger partial charge is 0.302 e. The fourth-order valence-electron chi connectivity index (χ4n) is 8.45. The maximum Gasteiger partial charge on any atom is 0.302 e. The van der Waals surface area contributed by atoms with Gasteiger partial charge in [-0.2, -0.15) is 0 Å². The summed E-state index contributed by atoms with van der Waals surface area (Å²) in [5.74, 6) is 1.45. The number of esters is 2. The molecule has 0 heterocycles. The highest BCUT2D eigenvalue weighted by atomic mass is 79.9. The van der Waals surface area contributed by atoms with Gasteiger partial charge in [0.05, 0.1) is 4.83 Å². The third-order valence-corrected chi connectivity index (χ3v) is 11.2. The van der Waals surface area contributed by atoms with E-state index in [1.54, 1.807) is 0 Å². The van der Waals surface area contributed by atoms with Gasteiger partial charge in [0.15, 0.2) is 5.78 Å². The lowest BCUT2D eigenvalue weighted by Crippen LogP contribution is -2.62. The number of carbonyl (C=O) groups is 3. The first-order valence-corrected chi connectivity index (χ1v) is 12.9. The second kappa shape index (κ2) is 8.14. The van der Waals surface area contributed by atoms with Crippen LogP contribution in [-0.4, -0.2) is 34.8 Å². The molecule has 4 aliphatic rings. The molecular weight excluding hydrogens is 460 g/mol. The van der Waals surface area contributed by atoms with Gasteiger partial charge in [-0.1, -0.05) is 29.8 Å². The highest BCUT2D eigenvalue weighted by Crippen LogP contribution is 2.68. The van der Waals surface area contributed by atoms with Crippen LogP contribution in [0, 0.1) is 40.4 Å². The molecule has 174 valence electrons. The number of halogens is 1. The van der Waals surface area contributed by atoms with Crippen molar-refractivity contribution in [1.29, 1.82) is 0 Å². The average Bonchev–Trinajstić information content (AvgIpc) is 3.03. The van der Waals surface area contributed by atoms with E-state index in [2.05, 4.69) is 29.8 Å².